The van der Waals surface area contributed by atoms with Crippen molar-refractivity contribution in [2.24, 2.45) is 0 Å². The van der Waals surface area contributed by atoms with E-state index in [0.29, 0.717) is 19.6 Å². The Labute approximate surface area is 117 Å². The lowest BCUT2D eigenvalue weighted by Crippen LogP contribution is -2.49. The molecule has 2 rings (SSSR count). The number of nitrogens with one attached hydrogen (secondary N) is 1. The molecule has 1 heterocycles. The molecule has 0 bridgehead atoms. The molecule has 6 heteroatoms. The first-order valence-corrected chi connectivity index (χ1v) is 6.41. The molecular weight excluding hydrogens is 265 g/mol. The summed E-state index contributed by atoms with van der Waals surface area (Å²) in [5.41, 5.74) is -0.0867. The van der Waals surface area contributed by atoms with Crippen LogP contribution in [-0.2, 0) is 9.47 Å². The highest BCUT2D eigenvalue weighted by Gasteiger charge is 2.29. The predicted molar refractivity (Wildman–Crippen MR) is 70.4 cm³/mol. The average Bonchev–Trinajstić information content (AvgIpc) is 2.47. The first-order valence-electron chi connectivity index (χ1n) is 6.41. The summed E-state index contributed by atoms with van der Waals surface area (Å²) in [4.78, 5) is 12.2. The highest BCUT2D eigenvalue weighted by molar-refractivity contribution is 5.97. The van der Waals surface area contributed by atoms with E-state index in [4.69, 9.17) is 14.2 Å². The molecule has 0 radical (unpaired) electrons. The second-order valence-corrected chi connectivity index (χ2v) is 4.53. The van der Waals surface area contributed by atoms with E-state index in [1.807, 2.05) is 0 Å². The van der Waals surface area contributed by atoms with Gasteiger partial charge in [-0.15, -0.1) is 0 Å². The quantitative estimate of drug-likeness (QED) is 0.906. The molecule has 1 aliphatic heterocycles. The first kappa shape index (κ1) is 14.7. The molecule has 1 amide bonds. The van der Waals surface area contributed by atoms with E-state index in [1.54, 1.807) is 13.2 Å². The van der Waals surface area contributed by atoms with Crippen molar-refractivity contribution >= 4 is 5.91 Å². The lowest BCUT2D eigenvalue weighted by molar-refractivity contribution is -0.0479. The third-order valence-corrected chi connectivity index (χ3v) is 3.35. The Morgan fingerprint density at radius 2 is 2.25 bits per heavy atom. The van der Waals surface area contributed by atoms with Gasteiger partial charge in [0.2, 0.25) is 0 Å². The van der Waals surface area contributed by atoms with Crippen LogP contribution in [0.25, 0.3) is 0 Å². The van der Waals surface area contributed by atoms with Gasteiger partial charge in [0, 0.05) is 13.7 Å². The van der Waals surface area contributed by atoms with Gasteiger partial charge in [0.1, 0.15) is 23.2 Å². The molecule has 2 atom stereocenters. The number of carbonyl (C=O) groups excluding carboxylic acids is 1. The molecule has 0 aliphatic carbocycles. The summed E-state index contributed by atoms with van der Waals surface area (Å²) in [6.07, 6.45) is 0.395. The van der Waals surface area contributed by atoms with E-state index in [-0.39, 0.29) is 23.5 Å². The van der Waals surface area contributed by atoms with E-state index in [0.717, 1.165) is 0 Å². The van der Waals surface area contributed by atoms with Gasteiger partial charge in [-0.05, 0) is 18.6 Å². The van der Waals surface area contributed by atoms with Crippen LogP contribution in [0.3, 0.4) is 0 Å². The van der Waals surface area contributed by atoms with Crippen molar-refractivity contribution in [2.75, 3.05) is 27.4 Å². The van der Waals surface area contributed by atoms with Crippen LogP contribution in [0, 0.1) is 5.82 Å². The molecule has 1 aliphatic rings. The second-order valence-electron chi connectivity index (χ2n) is 4.53. The molecule has 20 heavy (non-hydrogen) atoms. The maximum absolute atomic E-state index is 13.8. The summed E-state index contributed by atoms with van der Waals surface area (Å²) in [6, 6.07) is 4.08. The Morgan fingerprint density at radius 1 is 1.45 bits per heavy atom. The van der Waals surface area contributed by atoms with Crippen LogP contribution in [0.5, 0.6) is 5.75 Å². The van der Waals surface area contributed by atoms with Crippen LogP contribution >= 0.6 is 0 Å². The van der Waals surface area contributed by atoms with Gasteiger partial charge in [0.05, 0.1) is 19.8 Å². The molecule has 0 saturated carbocycles. The summed E-state index contributed by atoms with van der Waals surface area (Å²) in [6.45, 7) is 0.953. The Hall–Kier alpha value is -1.66. The van der Waals surface area contributed by atoms with Crippen molar-refractivity contribution in [1.29, 1.82) is 0 Å². The topological polar surface area (TPSA) is 56.8 Å². The zero-order valence-corrected chi connectivity index (χ0v) is 11.5. The van der Waals surface area contributed by atoms with E-state index >= 15 is 0 Å². The van der Waals surface area contributed by atoms with Gasteiger partial charge in [0.15, 0.2) is 0 Å². The van der Waals surface area contributed by atoms with Gasteiger partial charge in [-0.2, -0.15) is 0 Å². The highest BCUT2D eigenvalue weighted by Crippen LogP contribution is 2.22. The SMILES string of the molecule is COc1cccc(F)c1C(=O)N[C@@H]1CCOC[C@H]1OC. The van der Waals surface area contributed by atoms with Crippen molar-refractivity contribution < 1.29 is 23.4 Å². The van der Waals surface area contributed by atoms with Crippen molar-refractivity contribution in [1.82, 2.24) is 5.32 Å². The van der Waals surface area contributed by atoms with Crippen molar-refractivity contribution in [3.05, 3.63) is 29.6 Å². The molecule has 1 aromatic rings. The molecule has 110 valence electrons. The maximum atomic E-state index is 13.8. The number of hydrogen-bond acceptors (Lipinski definition) is 4. The smallest absolute Gasteiger partial charge is 0.258 e. The monoisotopic (exact) mass is 283 g/mol. The minimum Gasteiger partial charge on any atom is -0.496 e. The minimum absolute atomic E-state index is 0.0867. The maximum Gasteiger partial charge on any atom is 0.258 e. The summed E-state index contributed by atoms with van der Waals surface area (Å²) < 4.78 is 29.4. The lowest BCUT2D eigenvalue weighted by Gasteiger charge is -2.31. The summed E-state index contributed by atoms with van der Waals surface area (Å²) in [7, 11) is 2.96. The Balaban J connectivity index is 2.15. The van der Waals surface area contributed by atoms with Crippen molar-refractivity contribution in [3.8, 4) is 5.75 Å². The number of rotatable bonds is 4. The average molecular weight is 283 g/mol. The molecule has 1 aromatic carbocycles. The molecule has 5 nitrogen and oxygen atoms in total. The number of amides is 1. The molecule has 0 aromatic heterocycles. The van der Waals surface area contributed by atoms with Crippen LogP contribution in [0.4, 0.5) is 4.39 Å². The second kappa shape index (κ2) is 6.67. The molecule has 1 fully saturated rings. The third kappa shape index (κ3) is 3.08. The zero-order chi connectivity index (χ0) is 14.5. The molecule has 0 unspecified atom stereocenters. The summed E-state index contributed by atoms with van der Waals surface area (Å²) in [5, 5.41) is 2.79. The molecule has 1 saturated heterocycles. The largest absolute Gasteiger partial charge is 0.496 e. The van der Waals surface area contributed by atoms with Crippen LogP contribution in [0.15, 0.2) is 18.2 Å². The van der Waals surface area contributed by atoms with Crippen LogP contribution < -0.4 is 10.1 Å². The first-order chi connectivity index (χ1) is 9.67. The molecule has 1 N–H and O–H groups in total. The summed E-state index contributed by atoms with van der Waals surface area (Å²) >= 11 is 0. The Morgan fingerprint density at radius 3 is 2.95 bits per heavy atom. The number of carbonyl (C=O) groups is 1. The van der Waals surface area contributed by atoms with Crippen molar-refractivity contribution in [3.63, 3.8) is 0 Å². The van der Waals surface area contributed by atoms with E-state index in [2.05, 4.69) is 5.32 Å². The number of halogens is 1. The van der Waals surface area contributed by atoms with E-state index in [9.17, 15) is 9.18 Å². The predicted octanol–water partition coefficient (Wildman–Crippen LogP) is 1.37. The van der Waals surface area contributed by atoms with Crippen LogP contribution in [-0.4, -0.2) is 45.5 Å². The standard InChI is InChI=1S/C14H18FNO4/c1-18-11-5-3-4-9(15)13(11)14(17)16-10-6-7-20-8-12(10)19-2/h3-5,10,12H,6-8H2,1-2H3,(H,16,17)/t10-,12-/m1/s1. The fourth-order valence-electron chi connectivity index (χ4n) is 2.24. The Kier molecular flexibility index (Phi) is 4.92. The number of ether oxygens (including phenoxy) is 3. The van der Waals surface area contributed by atoms with Gasteiger partial charge >= 0.3 is 0 Å². The normalized spacial score (nSPS) is 22.4. The van der Waals surface area contributed by atoms with E-state index < -0.39 is 11.7 Å². The van der Waals surface area contributed by atoms with Gasteiger partial charge in [-0.3, -0.25) is 4.79 Å². The van der Waals surface area contributed by atoms with Crippen LogP contribution in [0.2, 0.25) is 0 Å². The fraction of sp³-hybridized carbons (Fsp3) is 0.500. The fourth-order valence-corrected chi connectivity index (χ4v) is 2.24. The van der Waals surface area contributed by atoms with Gasteiger partial charge < -0.3 is 19.5 Å². The summed E-state index contributed by atoms with van der Waals surface area (Å²) in [5.74, 6) is -0.902. The highest BCUT2D eigenvalue weighted by atomic mass is 19.1. The molecule has 0 spiro atoms. The Bertz CT molecular complexity index is 480. The van der Waals surface area contributed by atoms with Gasteiger partial charge in [-0.25, -0.2) is 4.39 Å². The van der Waals surface area contributed by atoms with Crippen LogP contribution in [0.1, 0.15) is 16.8 Å². The van der Waals surface area contributed by atoms with Crippen molar-refractivity contribution in [2.45, 2.75) is 18.6 Å². The van der Waals surface area contributed by atoms with E-state index in [1.165, 1.54) is 19.2 Å². The van der Waals surface area contributed by atoms with Gasteiger partial charge in [-0.1, -0.05) is 6.07 Å². The third-order valence-electron chi connectivity index (χ3n) is 3.35. The number of benzene rings is 1. The number of methoxy groups -OCH3 is 2. The van der Waals surface area contributed by atoms with Gasteiger partial charge in [0.25, 0.3) is 5.91 Å². The lowest BCUT2D eigenvalue weighted by atomic mass is 10.0. The zero-order valence-electron chi connectivity index (χ0n) is 11.5. The minimum atomic E-state index is -0.608. The number of hydrogen-bond donors (Lipinski definition) is 1. The molecular formula is C14H18FNO4.